The van der Waals surface area contributed by atoms with Gasteiger partial charge in [-0.25, -0.2) is 4.98 Å². The van der Waals surface area contributed by atoms with Crippen LogP contribution in [0.2, 0.25) is 0 Å². The predicted molar refractivity (Wildman–Crippen MR) is 55.1 cm³/mol. The Morgan fingerprint density at radius 3 is 2.57 bits per heavy atom. The van der Waals surface area contributed by atoms with Crippen LogP contribution in [-0.2, 0) is 4.79 Å². The molecule has 2 rings (SSSR count). The van der Waals surface area contributed by atoms with E-state index in [0.29, 0.717) is 5.56 Å². The lowest BCUT2D eigenvalue weighted by Gasteiger charge is -2.27. The normalized spacial score (nSPS) is 16.7. The first kappa shape index (κ1) is 9.19. The maximum atomic E-state index is 10.3. The molecule has 0 N–H and O–H groups in total. The predicted octanol–water partition coefficient (Wildman–Crippen LogP) is 1.53. The molecule has 1 aromatic rings. The van der Waals surface area contributed by atoms with Crippen molar-refractivity contribution >= 4 is 12.1 Å². The third-order valence-electron chi connectivity index (χ3n) is 2.55. The molecule has 1 aliphatic heterocycles. The smallest absolute Gasteiger partial charge is 0.235 e. The minimum Gasteiger partial charge on any atom is -0.357 e. The van der Waals surface area contributed by atoms with Crippen LogP contribution in [0, 0.1) is 0 Å². The van der Waals surface area contributed by atoms with E-state index in [-0.39, 0.29) is 0 Å². The van der Waals surface area contributed by atoms with Gasteiger partial charge in [0.1, 0.15) is 5.82 Å². The number of carbonyl (C=O) groups excluding carboxylic acids is 1. The largest absolute Gasteiger partial charge is 0.357 e. The van der Waals surface area contributed by atoms with Crippen LogP contribution in [0.1, 0.15) is 24.8 Å². The quantitative estimate of drug-likeness (QED) is 0.707. The maximum Gasteiger partial charge on any atom is 0.235 e. The zero-order valence-electron chi connectivity index (χ0n) is 8.07. The van der Waals surface area contributed by atoms with Crippen molar-refractivity contribution in [2.75, 3.05) is 18.0 Å². The summed E-state index contributed by atoms with van der Waals surface area (Å²) in [6.45, 7) is 2.16. The van der Waals surface area contributed by atoms with Gasteiger partial charge in [0.2, 0.25) is 6.29 Å². The molecule has 1 fully saturated rings. The Hall–Kier alpha value is -1.38. The molecule has 0 amide bonds. The number of anilines is 1. The van der Waals surface area contributed by atoms with E-state index in [1.165, 1.54) is 19.3 Å². The summed E-state index contributed by atoms with van der Waals surface area (Å²) >= 11 is 0. The molecule has 0 saturated carbocycles. The van der Waals surface area contributed by atoms with Crippen LogP contribution in [-0.4, -0.2) is 24.4 Å². The Balaban J connectivity index is 2.11. The molecule has 0 spiro atoms. The molecule has 1 radical (unpaired) electrons. The molecular formula is C11H13N2O. The molecule has 0 atom stereocenters. The van der Waals surface area contributed by atoms with Crippen molar-refractivity contribution in [2.45, 2.75) is 19.3 Å². The molecule has 1 saturated heterocycles. The summed E-state index contributed by atoms with van der Waals surface area (Å²) < 4.78 is 0. The molecule has 14 heavy (non-hydrogen) atoms. The Morgan fingerprint density at radius 2 is 2.00 bits per heavy atom. The molecule has 2 heterocycles. The van der Waals surface area contributed by atoms with Crippen molar-refractivity contribution in [1.29, 1.82) is 0 Å². The van der Waals surface area contributed by atoms with Crippen LogP contribution in [0.15, 0.2) is 18.3 Å². The number of piperidine rings is 1. The van der Waals surface area contributed by atoms with Crippen molar-refractivity contribution in [3.63, 3.8) is 0 Å². The lowest BCUT2D eigenvalue weighted by molar-refractivity contribution is 0.562. The lowest BCUT2D eigenvalue weighted by Crippen LogP contribution is -2.30. The maximum absolute atomic E-state index is 10.3. The highest BCUT2D eigenvalue weighted by Crippen LogP contribution is 2.16. The van der Waals surface area contributed by atoms with E-state index in [4.69, 9.17) is 0 Å². The highest BCUT2D eigenvalue weighted by molar-refractivity contribution is 5.75. The highest BCUT2D eigenvalue weighted by Gasteiger charge is 2.11. The van der Waals surface area contributed by atoms with Crippen LogP contribution in [0.25, 0.3) is 0 Å². The van der Waals surface area contributed by atoms with Crippen LogP contribution < -0.4 is 4.90 Å². The van der Waals surface area contributed by atoms with Crippen LogP contribution in [0.4, 0.5) is 5.82 Å². The summed E-state index contributed by atoms with van der Waals surface area (Å²) in [7, 11) is 0. The Labute approximate surface area is 83.8 Å². The molecule has 3 heteroatoms. The van der Waals surface area contributed by atoms with Gasteiger partial charge in [0.25, 0.3) is 0 Å². The van der Waals surface area contributed by atoms with Gasteiger partial charge in [-0.1, -0.05) is 0 Å². The number of hydrogen-bond donors (Lipinski definition) is 0. The van der Waals surface area contributed by atoms with Crippen molar-refractivity contribution in [3.05, 3.63) is 23.9 Å². The summed E-state index contributed by atoms with van der Waals surface area (Å²) in [5.74, 6) is 0.976. The second kappa shape index (κ2) is 4.22. The molecule has 73 valence electrons. The van der Waals surface area contributed by atoms with Gasteiger partial charge >= 0.3 is 0 Å². The summed E-state index contributed by atoms with van der Waals surface area (Å²) in [5, 5.41) is 0. The average Bonchev–Trinajstić information content (AvgIpc) is 2.30. The zero-order valence-corrected chi connectivity index (χ0v) is 8.07. The summed E-state index contributed by atoms with van der Waals surface area (Å²) in [6, 6.07) is 3.66. The number of pyridine rings is 1. The molecule has 0 aliphatic carbocycles. The highest BCUT2D eigenvalue weighted by atomic mass is 16.1. The van der Waals surface area contributed by atoms with Crippen molar-refractivity contribution in [3.8, 4) is 0 Å². The molecule has 3 nitrogen and oxygen atoms in total. The fraction of sp³-hybridized carbons (Fsp3) is 0.455. The van der Waals surface area contributed by atoms with Gasteiger partial charge in [-0.3, -0.25) is 4.79 Å². The number of aromatic nitrogens is 1. The third-order valence-corrected chi connectivity index (χ3v) is 2.55. The standard InChI is InChI=1S/C11H13N2O/c14-9-10-4-5-11(12-8-10)13-6-2-1-3-7-13/h4-5,8H,1-3,6-7H2. The van der Waals surface area contributed by atoms with Crippen molar-refractivity contribution < 1.29 is 4.79 Å². The first-order valence-corrected chi connectivity index (χ1v) is 4.99. The summed E-state index contributed by atoms with van der Waals surface area (Å²) in [6.07, 6.45) is 7.20. The molecule has 0 unspecified atom stereocenters. The van der Waals surface area contributed by atoms with Gasteiger partial charge in [-0.15, -0.1) is 0 Å². The van der Waals surface area contributed by atoms with E-state index < -0.39 is 0 Å². The second-order valence-electron chi connectivity index (χ2n) is 3.55. The summed E-state index contributed by atoms with van der Waals surface area (Å²) in [5.41, 5.74) is 0.519. The van der Waals surface area contributed by atoms with Gasteiger partial charge in [0.15, 0.2) is 0 Å². The fourth-order valence-electron chi connectivity index (χ4n) is 1.76. The molecule has 1 aliphatic rings. The van der Waals surface area contributed by atoms with Crippen molar-refractivity contribution in [2.24, 2.45) is 0 Å². The Kier molecular flexibility index (Phi) is 2.77. The zero-order chi connectivity index (χ0) is 9.80. The van der Waals surface area contributed by atoms with Crippen LogP contribution in [0.5, 0.6) is 0 Å². The first-order chi connectivity index (χ1) is 6.90. The van der Waals surface area contributed by atoms with E-state index in [2.05, 4.69) is 9.88 Å². The van der Waals surface area contributed by atoms with Crippen molar-refractivity contribution in [1.82, 2.24) is 4.98 Å². The Bertz CT molecular complexity index is 302. The molecule has 0 bridgehead atoms. The van der Waals surface area contributed by atoms with E-state index in [0.717, 1.165) is 18.9 Å². The van der Waals surface area contributed by atoms with E-state index in [1.807, 2.05) is 12.4 Å². The minimum atomic E-state index is 0.519. The number of nitrogens with zero attached hydrogens (tertiary/aromatic N) is 2. The lowest BCUT2D eigenvalue weighted by atomic mass is 10.1. The van der Waals surface area contributed by atoms with Crippen LogP contribution >= 0.6 is 0 Å². The monoisotopic (exact) mass is 189 g/mol. The molecule has 1 aromatic heterocycles. The van der Waals surface area contributed by atoms with Crippen LogP contribution in [0.3, 0.4) is 0 Å². The second-order valence-corrected chi connectivity index (χ2v) is 3.55. The van der Waals surface area contributed by atoms with E-state index in [9.17, 15) is 4.79 Å². The molecule has 0 aromatic carbocycles. The van der Waals surface area contributed by atoms with Gasteiger partial charge in [-0.2, -0.15) is 0 Å². The first-order valence-electron chi connectivity index (χ1n) is 4.99. The summed E-state index contributed by atoms with van der Waals surface area (Å²) in [4.78, 5) is 16.8. The molecular weight excluding hydrogens is 176 g/mol. The third kappa shape index (κ3) is 1.92. The van der Waals surface area contributed by atoms with E-state index >= 15 is 0 Å². The van der Waals surface area contributed by atoms with E-state index in [1.54, 1.807) is 12.3 Å². The van der Waals surface area contributed by atoms with Gasteiger partial charge < -0.3 is 4.90 Å². The number of hydrogen-bond acceptors (Lipinski definition) is 3. The minimum absolute atomic E-state index is 0.519. The number of rotatable bonds is 2. The average molecular weight is 189 g/mol. The topological polar surface area (TPSA) is 33.2 Å². The SMILES string of the molecule is O=[C]c1ccc(N2CCCCC2)nc1. The van der Waals surface area contributed by atoms with Gasteiger partial charge in [0.05, 0.1) is 0 Å². The Morgan fingerprint density at radius 1 is 1.21 bits per heavy atom. The van der Waals surface area contributed by atoms with Gasteiger partial charge in [-0.05, 0) is 31.4 Å². The fourth-order valence-corrected chi connectivity index (χ4v) is 1.76. The van der Waals surface area contributed by atoms with Gasteiger partial charge in [0, 0.05) is 24.8 Å².